The third kappa shape index (κ3) is 2.03. The fraction of sp³-hybridized carbons (Fsp3) is 0.222. The number of nitrogens with one attached hydrogen (secondary N) is 2. The van der Waals surface area contributed by atoms with Crippen LogP contribution in [0.3, 0.4) is 0 Å². The van der Waals surface area contributed by atoms with Crippen LogP contribution in [0.25, 0.3) is 0 Å². The monoisotopic (exact) mass is 237 g/mol. The molecular formula is C9H11N5OS. The van der Waals surface area contributed by atoms with Gasteiger partial charge in [0.2, 0.25) is 0 Å². The first kappa shape index (κ1) is 10.6. The minimum atomic E-state index is -0.261. The number of H-pyrrole nitrogens is 1. The zero-order chi connectivity index (χ0) is 11.5. The lowest BCUT2D eigenvalue weighted by Crippen LogP contribution is -2.23. The number of aryl methyl sites for hydroxylation is 1. The molecule has 0 fully saturated rings. The standard InChI is InChI=1S/C9H11N5OS/c1-5-7(16-4-12-5)3-11-9(15)8-6(10)2-13-14-8/h2,4H,3,10H2,1H3,(H,11,15)(H,13,14). The molecule has 0 aliphatic heterocycles. The Bertz CT molecular complexity index is 503. The first-order valence-corrected chi connectivity index (χ1v) is 5.52. The number of nitrogens with two attached hydrogens (primary N) is 1. The molecule has 7 heteroatoms. The highest BCUT2D eigenvalue weighted by atomic mass is 32.1. The summed E-state index contributed by atoms with van der Waals surface area (Å²) in [5.74, 6) is -0.261. The van der Waals surface area contributed by atoms with Gasteiger partial charge in [0.15, 0.2) is 0 Å². The van der Waals surface area contributed by atoms with Crippen molar-refractivity contribution in [2.24, 2.45) is 0 Å². The second-order valence-electron chi connectivity index (χ2n) is 3.24. The lowest BCUT2D eigenvalue weighted by Gasteiger charge is -2.02. The maximum Gasteiger partial charge on any atom is 0.271 e. The van der Waals surface area contributed by atoms with Crippen molar-refractivity contribution in [2.75, 3.05) is 5.73 Å². The normalized spacial score (nSPS) is 10.3. The molecule has 0 aromatic carbocycles. The Morgan fingerprint density at radius 2 is 2.50 bits per heavy atom. The molecule has 0 aliphatic rings. The molecule has 0 spiro atoms. The van der Waals surface area contributed by atoms with E-state index in [1.807, 2.05) is 6.92 Å². The number of nitrogens with zero attached hydrogens (tertiary/aromatic N) is 2. The first-order valence-electron chi connectivity index (χ1n) is 4.64. The summed E-state index contributed by atoms with van der Waals surface area (Å²) >= 11 is 1.51. The SMILES string of the molecule is Cc1ncsc1CNC(=O)c1[nH]ncc1N. The maximum atomic E-state index is 11.7. The van der Waals surface area contributed by atoms with Crippen LogP contribution in [-0.2, 0) is 6.54 Å². The lowest BCUT2D eigenvalue weighted by atomic mass is 10.3. The Morgan fingerprint density at radius 1 is 1.69 bits per heavy atom. The molecule has 1 amide bonds. The van der Waals surface area contributed by atoms with Crippen molar-refractivity contribution in [1.29, 1.82) is 0 Å². The highest BCUT2D eigenvalue weighted by molar-refractivity contribution is 7.09. The van der Waals surface area contributed by atoms with Crippen molar-refractivity contribution in [1.82, 2.24) is 20.5 Å². The molecule has 6 nitrogen and oxygen atoms in total. The van der Waals surface area contributed by atoms with Crippen molar-refractivity contribution < 1.29 is 4.79 Å². The fourth-order valence-corrected chi connectivity index (χ4v) is 1.94. The van der Waals surface area contributed by atoms with E-state index in [0.717, 1.165) is 10.6 Å². The number of aromatic amines is 1. The van der Waals surface area contributed by atoms with Gasteiger partial charge in [0.05, 0.1) is 29.6 Å². The molecule has 4 N–H and O–H groups in total. The van der Waals surface area contributed by atoms with Crippen LogP contribution in [0, 0.1) is 6.92 Å². The Hall–Kier alpha value is -1.89. The Labute approximate surface area is 95.9 Å². The molecule has 2 rings (SSSR count). The van der Waals surface area contributed by atoms with Crippen LogP contribution in [0.5, 0.6) is 0 Å². The molecule has 0 aliphatic carbocycles. The number of hydrogen-bond donors (Lipinski definition) is 3. The molecular weight excluding hydrogens is 226 g/mol. The second-order valence-corrected chi connectivity index (χ2v) is 4.18. The van der Waals surface area contributed by atoms with Gasteiger partial charge in [0, 0.05) is 4.88 Å². The minimum absolute atomic E-state index is 0.261. The average Bonchev–Trinajstić information content (AvgIpc) is 2.84. The molecule has 2 aromatic rings. The fourth-order valence-electron chi connectivity index (χ4n) is 1.22. The van der Waals surface area contributed by atoms with Crippen LogP contribution in [-0.4, -0.2) is 21.1 Å². The van der Waals surface area contributed by atoms with Crippen molar-refractivity contribution in [2.45, 2.75) is 13.5 Å². The predicted molar refractivity (Wildman–Crippen MR) is 61.0 cm³/mol. The third-order valence-electron chi connectivity index (χ3n) is 2.15. The van der Waals surface area contributed by atoms with Gasteiger partial charge in [0.25, 0.3) is 5.91 Å². The zero-order valence-electron chi connectivity index (χ0n) is 8.65. The summed E-state index contributed by atoms with van der Waals surface area (Å²) in [4.78, 5) is 16.8. The van der Waals surface area contributed by atoms with E-state index in [9.17, 15) is 4.79 Å². The van der Waals surface area contributed by atoms with E-state index >= 15 is 0 Å². The largest absolute Gasteiger partial charge is 0.396 e. The number of thiazole rings is 1. The number of hydrogen-bond acceptors (Lipinski definition) is 5. The number of carbonyl (C=O) groups is 1. The van der Waals surface area contributed by atoms with Crippen LogP contribution in [0.1, 0.15) is 21.1 Å². The summed E-state index contributed by atoms with van der Waals surface area (Å²) in [6, 6.07) is 0. The quantitative estimate of drug-likeness (QED) is 0.731. The van der Waals surface area contributed by atoms with Gasteiger partial charge in [-0.25, -0.2) is 4.98 Å². The molecule has 0 radical (unpaired) electrons. The predicted octanol–water partition coefficient (Wildman–Crippen LogP) is 0.687. The second kappa shape index (κ2) is 4.31. The third-order valence-corrected chi connectivity index (χ3v) is 3.09. The smallest absolute Gasteiger partial charge is 0.271 e. The Balaban J connectivity index is 1.99. The summed E-state index contributed by atoms with van der Waals surface area (Å²) in [6.07, 6.45) is 1.41. The minimum Gasteiger partial charge on any atom is -0.396 e. The summed E-state index contributed by atoms with van der Waals surface area (Å²) in [6.45, 7) is 2.36. The molecule has 0 saturated carbocycles. The highest BCUT2D eigenvalue weighted by Crippen LogP contribution is 2.12. The van der Waals surface area contributed by atoms with Gasteiger partial charge in [-0.2, -0.15) is 5.10 Å². The molecule has 16 heavy (non-hydrogen) atoms. The van der Waals surface area contributed by atoms with Gasteiger partial charge in [-0.3, -0.25) is 9.89 Å². The van der Waals surface area contributed by atoms with E-state index in [1.54, 1.807) is 5.51 Å². The van der Waals surface area contributed by atoms with E-state index in [0.29, 0.717) is 17.9 Å². The van der Waals surface area contributed by atoms with Crippen LogP contribution in [0.15, 0.2) is 11.7 Å². The van der Waals surface area contributed by atoms with Crippen LogP contribution >= 0.6 is 11.3 Å². The summed E-state index contributed by atoms with van der Waals surface area (Å²) in [7, 11) is 0. The average molecular weight is 237 g/mol. The number of nitrogen functional groups attached to an aromatic ring is 1. The van der Waals surface area contributed by atoms with Crippen molar-refractivity contribution in [3.8, 4) is 0 Å². The van der Waals surface area contributed by atoms with Gasteiger partial charge < -0.3 is 11.1 Å². The van der Waals surface area contributed by atoms with Gasteiger partial charge in [-0.15, -0.1) is 11.3 Å². The number of anilines is 1. The van der Waals surface area contributed by atoms with Crippen molar-refractivity contribution in [3.63, 3.8) is 0 Å². The van der Waals surface area contributed by atoms with Gasteiger partial charge >= 0.3 is 0 Å². The molecule has 2 aromatic heterocycles. The molecule has 0 bridgehead atoms. The zero-order valence-corrected chi connectivity index (χ0v) is 9.47. The Kier molecular flexibility index (Phi) is 2.86. The number of carbonyl (C=O) groups excluding carboxylic acids is 1. The van der Waals surface area contributed by atoms with E-state index in [1.165, 1.54) is 17.5 Å². The van der Waals surface area contributed by atoms with Crippen LogP contribution in [0.2, 0.25) is 0 Å². The van der Waals surface area contributed by atoms with E-state index in [2.05, 4.69) is 20.5 Å². The summed E-state index contributed by atoms with van der Waals surface area (Å²) in [5, 5.41) is 8.98. The molecule has 84 valence electrons. The molecule has 0 unspecified atom stereocenters. The number of rotatable bonds is 3. The van der Waals surface area contributed by atoms with Crippen LogP contribution < -0.4 is 11.1 Å². The first-order chi connectivity index (χ1) is 7.68. The maximum absolute atomic E-state index is 11.7. The molecule has 2 heterocycles. The molecule has 0 saturated heterocycles. The molecule has 0 atom stereocenters. The Morgan fingerprint density at radius 3 is 3.06 bits per heavy atom. The number of aromatic nitrogens is 3. The number of amides is 1. The van der Waals surface area contributed by atoms with Gasteiger partial charge in [-0.1, -0.05) is 0 Å². The van der Waals surface area contributed by atoms with Crippen molar-refractivity contribution in [3.05, 3.63) is 28.0 Å². The van der Waals surface area contributed by atoms with Gasteiger partial charge in [-0.05, 0) is 6.92 Å². The lowest BCUT2D eigenvalue weighted by molar-refractivity contribution is 0.0947. The van der Waals surface area contributed by atoms with E-state index < -0.39 is 0 Å². The van der Waals surface area contributed by atoms with E-state index in [4.69, 9.17) is 5.73 Å². The van der Waals surface area contributed by atoms with Gasteiger partial charge in [0.1, 0.15) is 5.69 Å². The van der Waals surface area contributed by atoms with Crippen LogP contribution in [0.4, 0.5) is 5.69 Å². The highest BCUT2D eigenvalue weighted by Gasteiger charge is 2.11. The summed E-state index contributed by atoms with van der Waals surface area (Å²) < 4.78 is 0. The van der Waals surface area contributed by atoms with Crippen molar-refractivity contribution >= 4 is 22.9 Å². The topological polar surface area (TPSA) is 96.7 Å². The van der Waals surface area contributed by atoms with E-state index in [-0.39, 0.29) is 5.91 Å². The summed E-state index contributed by atoms with van der Waals surface area (Å²) in [5.41, 5.74) is 8.88.